The lowest BCUT2D eigenvalue weighted by Crippen LogP contribution is -2.15. The van der Waals surface area contributed by atoms with Crippen molar-refractivity contribution in [2.45, 2.75) is 40.0 Å². The van der Waals surface area contributed by atoms with Crippen LogP contribution in [-0.4, -0.2) is 20.7 Å². The second kappa shape index (κ2) is 6.20. The molecule has 1 aromatic rings. The van der Waals surface area contributed by atoms with Gasteiger partial charge in [0.2, 0.25) is 0 Å². The van der Waals surface area contributed by atoms with Crippen molar-refractivity contribution in [3.63, 3.8) is 0 Å². The normalized spacial score (nSPS) is 18.9. The summed E-state index contributed by atoms with van der Waals surface area (Å²) in [5.74, 6) is 0. The van der Waals surface area contributed by atoms with E-state index in [0.29, 0.717) is 33.0 Å². The molecule has 2 aliphatic rings. The van der Waals surface area contributed by atoms with Crippen LogP contribution in [0.3, 0.4) is 0 Å². The Morgan fingerprint density at radius 2 is 1.45 bits per heavy atom. The molecule has 5 heteroatoms. The highest BCUT2D eigenvalue weighted by molar-refractivity contribution is 5.52. The van der Waals surface area contributed by atoms with Crippen molar-refractivity contribution in [2.75, 3.05) is 20.7 Å². The van der Waals surface area contributed by atoms with E-state index in [2.05, 4.69) is 6.92 Å². The minimum Gasteiger partial charge on any atom is -0.380 e. The Hall–Kier alpha value is -0.980. The highest BCUT2D eigenvalue weighted by Gasteiger charge is 2.25. The van der Waals surface area contributed by atoms with Crippen molar-refractivity contribution < 1.29 is 23.7 Å². The molecule has 2 aliphatic heterocycles. The van der Waals surface area contributed by atoms with Crippen LogP contribution in [-0.2, 0) is 56.7 Å². The zero-order chi connectivity index (χ0) is 13.9. The average molecular weight is 280 g/mol. The first kappa shape index (κ1) is 14.0. The van der Waals surface area contributed by atoms with Crippen LogP contribution in [0.2, 0.25) is 0 Å². The fraction of sp³-hybridized carbons (Fsp3) is 0.600. The minimum absolute atomic E-state index is 0.241. The van der Waals surface area contributed by atoms with Crippen LogP contribution in [0.15, 0.2) is 0 Å². The summed E-state index contributed by atoms with van der Waals surface area (Å²) >= 11 is 0. The molecule has 5 nitrogen and oxygen atoms in total. The molecule has 0 spiro atoms. The summed E-state index contributed by atoms with van der Waals surface area (Å²) in [6.07, 6.45) is 0. The lowest BCUT2D eigenvalue weighted by Gasteiger charge is -2.23. The maximum atomic E-state index is 5.63. The van der Waals surface area contributed by atoms with Gasteiger partial charge in [0.25, 0.3) is 0 Å². The molecule has 20 heavy (non-hydrogen) atoms. The monoisotopic (exact) mass is 280 g/mol. The number of rotatable bonds is 2. The SMILES string of the molecule is COCc1c2c(C)c3c(c1COCOCOC2)COC3. The first-order valence-electron chi connectivity index (χ1n) is 6.77. The van der Waals surface area contributed by atoms with Gasteiger partial charge in [-0.1, -0.05) is 0 Å². The molecule has 0 N–H and O–H groups in total. The van der Waals surface area contributed by atoms with Gasteiger partial charge in [-0.15, -0.1) is 0 Å². The molecule has 0 aliphatic carbocycles. The summed E-state index contributed by atoms with van der Waals surface area (Å²) in [6, 6.07) is 0. The predicted octanol–water partition coefficient (Wildman–Crippen LogP) is 2.15. The summed E-state index contributed by atoms with van der Waals surface area (Å²) in [7, 11) is 1.71. The number of ether oxygens (including phenoxy) is 5. The predicted molar refractivity (Wildman–Crippen MR) is 70.8 cm³/mol. The molecule has 0 saturated carbocycles. The van der Waals surface area contributed by atoms with Crippen LogP contribution >= 0.6 is 0 Å². The van der Waals surface area contributed by atoms with Gasteiger partial charge < -0.3 is 23.7 Å². The van der Waals surface area contributed by atoms with E-state index in [1.54, 1.807) is 7.11 Å². The van der Waals surface area contributed by atoms with E-state index in [9.17, 15) is 0 Å². The van der Waals surface area contributed by atoms with Crippen LogP contribution in [0.4, 0.5) is 0 Å². The fourth-order valence-electron chi connectivity index (χ4n) is 2.93. The highest BCUT2D eigenvalue weighted by atomic mass is 16.7. The van der Waals surface area contributed by atoms with E-state index < -0.39 is 0 Å². The van der Waals surface area contributed by atoms with Crippen molar-refractivity contribution in [2.24, 2.45) is 0 Å². The molecule has 110 valence electrons. The first-order chi connectivity index (χ1) is 9.83. The lowest BCUT2D eigenvalue weighted by atomic mass is 9.89. The van der Waals surface area contributed by atoms with E-state index in [4.69, 9.17) is 23.7 Å². The zero-order valence-corrected chi connectivity index (χ0v) is 12.0. The average Bonchev–Trinajstić information content (AvgIpc) is 2.93. The van der Waals surface area contributed by atoms with Crippen LogP contribution < -0.4 is 0 Å². The van der Waals surface area contributed by atoms with E-state index in [-0.39, 0.29) is 13.6 Å². The van der Waals surface area contributed by atoms with Crippen molar-refractivity contribution in [1.82, 2.24) is 0 Å². The van der Waals surface area contributed by atoms with Gasteiger partial charge in [0, 0.05) is 7.11 Å². The smallest absolute Gasteiger partial charge is 0.150 e. The Morgan fingerprint density at radius 3 is 2.20 bits per heavy atom. The second-order valence-electron chi connectivity index (χ2n) is 5.08. The number of benzene rings is 1. The molecule has 0 radical (unpaired) electrons. The molecular weight excluding hydrogens is 260 g/mol. The third-order valence-electron chi connectivity index (χ3n) is 3.97. The summed E-state index contributed by atoms with van der Waals surface area (Å²) in [6.45, 7) is 5.55. The van der Waals surface area contributed by atoms with E-state index in [1.165, 1.54) is 33.4 Å². The van der Waals surface area contributed by atoms with Gasteiger partial charge in [-0.25, -0.2) is 0 Å². The molecule has 3 rings (SSSR count). The molecule has 0 atom stereocenters. The first-order valence-corrected chi connectivity index (χ1v) is 6.77. The van der Waals surface area contributed by atoms with Crippen LogP contribution in [0, 0.1) is 6.92 Å². The molecule has 2 heterocycles. The summed E-state index contributed by atoms with van der Waals surface area (Å²) < 4.78 is 27.4. The zero-order valence-electron chi connectivity index (χ0n) is 12.0. The van der Waals surface area contributed by atoms with Gasteiger partial charge >= 0.3 is 0 Å². The van der Waals surface area contributed by atoms with Crippen molar-refractivity contribution >= 4 is 0 Å². The summed E-state index contributed by atoms with van der Waals surface area (Å²) in [5.41, 5.74) is 7.31. The molecular formula is C15H20O5. The van der Waals surface area contributed by atoms with E-state index in [0.717, 1.165) is 0 Å². The van der Waals surface area contributed by atoms with Crippen molar-refractivity contribution in [3.8, 4) is 0 Å². The van der Waals surface area contributed by atoms with Gasteiger partial charge in [-0.2, -0.15) is 0 Å². The maximum Gasteiger partial charge on any atom is 0.150 e. The largest absolute Gasteiger partial charge is 0.380 e. The Labute approximate surface area is 118 Å². The Morgan fingerprint density at radius 1 is 0.800 bits per heavy atom. The molecule has 0 saturated heterocycles. The third-order valence-corrected chi connectivity index (χ3v) is 3.97. The van der Waals surface area contributed by atoms with E-state index in [1.807, 2.05) is 0 Å². The number of fused-ring (bicyclic) bond motifs is 4. The quantitative estimate of drug-likeness (QED) is 0.830. The number of hydrogen-bond donors (Lipinski definition) is 0. The lowest BCUT2D eigenvalue weighted by molar-refractivity contribution is -0.141. The summed E-state index contributed by atoms with van der Waals surface area (Å²) in [5, 5.41) is 0. The minimum atomic E-state index is 0.241. The molecule has 2 bridgehead atoms. The molecule has 0 fully saturated rings. The van der Waals surface area contributed by atoms with Crippen LogP contribution in [0.1, 0.15) is 33.4 Å². The van der Waals surface area contributed by atoms with Crippen LogP contribution in [0.25, 0.3) is 0 Å². The topological polar surface area (TPSA) is 46.2 Å². The van der Waals surface area contributed by atoms with Gasteiger partial charge in [0.15, 0.2) is 0 Å². The number of hydrogen-bond acceptors (Lipinski definition) is 5. The molecule has 0 amide bonds. The summed E-state index contributed by atoms with van der Waals surface area (Å²) in [4.78, 5) is 0. The van der Waals surface area contributed by atoms with Gasteiger partial charge in [-0.3, -0.25) is 0 Å². The van der Waals surface area contributed by atoms with E-state index >= 15 is 0 Å². The maximum absolute atomic E-state index is 5.63. The van der Waals surface area contributed by atoms with Crippen molar-refractivity contribution in [1.29, 1.82) is 0 Å². The molecule has 1 aromatic carbocycles. The fourth-order valence-corrected chi connectivity index (χ4v) is 2.93. The Balaban J connectivity index is 2.13. The third kappa shape index (κ3) is 2.47. The molecule has 0 unspecified atom stereocenters. The standard InChI is InChI=1S/C15H20O5/c1-10-11-4-17-6-14(11)15-7-19-9-20-8-18-5-12(10)13(15)3-16-2/h3-9H2,1-2H3. The Bertz CT molecular complexity index is 498. The second-order valence-corrected chi connectivity index (χ2v) is 5.08. The van der Waals surface area contributed by atoms with Crippen LogP contribution in [0.5, 0.6) is 0 Å². The Kier molecular flexibility index (Phi) is 4.33. The number of methoxy groups -OCH3 is 1. The van der Waals surface area contributed by atoms with Crippen molar-refractivity contribution in [3.05, 3.63) is 33.4 Å². The van der Waals surface area contributed by atoms with Gasteiger partial charge in [-0.05, 0) is 40.3 Å². The highest BCUT2D eigenvalue weighted by Crippen LogP contribution is 2.34. The van der Waals surface area contributed by atoms with Gasteiger partial charge in [0.1, 0.15) is 13.6 Å². The molecule has 0 aromatic heterocycles. The van der Waals surface area contributed by atoms with Gasteiger partial charge in [0.05, 0.1) is 33.0 Å².